The third kappa shape index (κ3) is 6.17. The maximum atomic E-state index is 8.00. The number of rotatable bonds is 6. The third-order valence-corrected chi connectivity index (χ3v) is 6.15. The van der Waals surface area contributed by atoms with Crippen LogP contribution in [0.5, 0.6) is 0 Å². The number of piperidine rings is 1. The molecule has 3 rings (SSSR count). The van der Waals surface area contributed by atoms with E-state index < -0.39 is 0 Å². The molecule has 1 unspecified atom stereocenters. The normalized spacial score (nSPS) is 15.8. The molecule has 0 radical (unpaired) electrons. The molecule has 2 aromatic carbocycles. The highest BCUT2D eigenvalue weighted by Gasteiger charge is 2.19. The first-order valence-corrected chi connectivity index (χ1v) is 10.9. The molecule has 0 amide bonds. The molecular weight excluding hydrogens is 363 g/mol. The summed E-state index contributed by atoms with van der Waals surface area (Å²) in [5, 5.41) is 6.02. The van der Waals surface area contributed by atoms with Crippen molar-refractivity contribution in [3.8, 4) is 0 Å². The molecule has 1 N–H and O–H groups in total. The van der Waals surface area contributed by atoms with Gasteiger partial charge in [-0.15, -0.1) is 0 Å². The number of carbonyl (C=O) groups excluding carboxylic acids is 1. The lowest BCUT2D eigenvalue weighted by Gasteiger charge is -2.32. The second-order valence-electron chi connectivity index (χ2n) is 6.43. The fraction of sp³-hybridized carbons (Fsp3) is 0.381. The van der Waals surface area contributed by atoms with Crippen molar-refractivity contribution in [2.24, 2.45) is 0 Å². The first kappa shape index (κ1) is 21.1. The Hall–Kier alpha value is -1.25. The SMILES string of the molecule is C=O.CPc1cccc(Cl)c1CNC1CCN(Cc2ccccc2)CC1. The Kier molecular flexibility index (Phi) is 9.28. The number of benzene rings is 2. The molecule has 1 saturated heterocycles. The van der Waals surface area contributed by atoms with Gasteiger partial charge in [-0.05, 0) is 55.1 Å². The van der Waals surface area contributed by atoms with Crippen LogP contribution in [-0.4, -0.2) is 37.5 Å². The van der Waals surface area contributed by atoms with E-state index in [0.29, 0.717) is 6.04 Å². The van der Waals surface area contributed by atoms with Gasteiger partial charge >= 0.3 is 0 Å². The van der Waals surface area contributed by atoms with Crippen molar-refractivity contribution in [1.29, 1.82) is 0 Å². The van der Waals surface area contributed by atoms with Crippen molar-refractivity contribution in [3.63, 3.8) is 0 Å². The van der Waals surface area contributed by atoms with E-state index in [0.717, 1.165) is 39.8 Å². The van der Waals surface area contributed by atoms with Crippen LogP contribution in [0.1, 0.15) is 24.0 Å². The maximum Gasteiger partial charge on any atom is 0.106 e. The summed E-state index contributed by atoms with van der Waals surface area (Å²) in [6.45, 7) is 8.50. The highest BCUT2D eigenvalue weighted by molar-refractivity contribution is 7.46. The Morgan fingerprint density at radius 2 is 1.81 bits per heavy atom. The van der Waals surface area contributed by atoms with Gasteiger partial charge in [0.2, 0.25) is 0 Å². The summed E-state index contributed by atoms with van der Waals surface area (Å²) < 4.78 is 0. The summed E-state index contributed by atoms with van der Waals surface area (Å²) in [6.07, 6.45) is 2.42. The van der Waals surface area contributed by atoms with Crippen molar-refractivity contribution in [2.45, 2.75) is 32.0 Å². The topological polar surface area (TPSA) is 32.3 Å². The van der Waals surface area contributed by atoms with Gasteiger partial charge in [0, 0.05) is 24.2 Å². The zero-order chi connectivity index (χ0) is 18.8. The highest BCUT2D eigenvalue weighted by atomic mass is 35.5. The van der Waals surface area contributed by atoms with E-state index in [1.54, 1.807) is 0 Å². The van der Waals surface area contributed by atoms with Crippen LogP contribution >= 0.6 is 20.2 Å². The first-order valence-electron chi connectivity index (χ1n) is 9.00. The van der Waals surface area contributed by atoms with E-state index in [1.807, 2.05) is 12.9 Å². The highest BCUT2D eigenvalue weighted by Crippen LogP contribution is 2.20. The largest absolute Gasteiger partial charge is 0.310 e. The number of nitrogens with zero attached hydrogens (tertiary/aromatic N) is 1. The van der Waals surface area contributed by atoms with E-state index in [-0.39, 0.29) is 0 Å². The van der Waals surface area contributed by atoms with Crippen LogP contribution in [0.2, 0.25) is 5.02 Å². The number of hydrogen-bond acceptors (Lipinski definition) is 3. The zero-order valence-corrected chi connectivity index (χ0v) is 17.1. The summed E-state index contributed by atoms with van der Waals surface area (Å²) in [5.41, 5.74) is 2.69. The molecule has 0 saturated carbocycles. The van der Waals surface area contributed by atoms with Crippen molar-refractivity contribution < 1.29 is 4.79 Å². The van der Waals surface area contributed by atoms with Crippen LogP contribution in [-0.2, 0) is 17.9 Å². The van der Waals surface area contributed by atoms with Crippen molar-refractivity contribution in [2.75, 3.05) is 19.8 Å². The van der Waals surface area contributed by atoms with Crippen LogP contribution in [0.15, 0.2) is 48.5 Å². The summed E-state index contributed by atoms with van der Waals surface area (Å²) in [7, 11) is 0.791. The second kappa shape index (κ2) is 11.5. The smallest absolute Gasteiger partial charge is 0.106 e. The molecule has 26 heavy (non-hydrogen) atoms. The standard InChI is InChI=1S/C20H26ClN2P.CH2O/c1-24-20-9-5-8-19(21)18(20)14-22-17-10-12-23(13-11-17)15-16-6-3-2-4-7-16;1-2/h2-9,17,22,24H,10-15H2,1H3;1H2. The van der Waals surface area contributed by atoms with Gasteiger partial charge in [0.25, 0.3) is 0 Å². The van der Waals surface area contributed by atoms with Crippen LogP contribution in [0, 0.1) is 0 Å². The van der Waals surface area contributed by atoms with Gasteiger partial charge < -0.3 is 10.1 Å². The van der Waals surface area contributed by atoms with Crippen molar-refractivity contribution in [3.05, 3.63) is 64.7 Å². The van der Waals surface area contributed by atoms with Gasteiger partial charge in [0.05, 0.1) is 0 Å². The fourth-order valence-electron chi connectivity index (χ4n) is 3.36. The number of carbonyl (C=O) groups is 1. The summed E-state index contributed by atoms with van der Waals surface area (Å²) in [5.74, 6) is 0. The van der Waals surface area contributed by atoms with Gasteiger partial charge in [-0.2, -0.15) is 0 Å². The molecule has 0 aromatic heterocycles. The lowest BCUT2D eigenvalue weighted by Crippen LogP contribution is -2.42. The van der Waals surface area contributed by atoms with Gasteiger partial charge in [-0.3, -0.25) is 4.90 Å². The molecule has 1 atom stereocenters. The molecule has 0 bridgehead atoms. The molecule has 2 aromatic rings. The second-order valence-corrected chi connectivity index (χ2v) is 7.88. The molecule has 5 heteroatoms. The number of hydrogen-bond donors (Lipinski definition) is 1. The Labute approximate surface area is 163 Å². The van der Waals surface area contributed by atoms with Gasteiger partial charge in [0.1, 0.15) is 6.79 Å². The molecule has 140 valence electrons. The maximum absolute atomic E-state index is 8.00. The van der Waals surface area contributed by atoms with Crippen molar-refractivity contribution in [1.82, 2.24) is 10.2 Å². The lowest BCUT2D eigenvalue weighted by atomic mass is 10.0. The summed E-state index contributed by atoms with van der Waals surface area (Å²) >= 11 is 6.40. The summed E-state index contributed by atoms with van der Waals surface area (Å²) in [4.78, 5) is 10.6. The molecule has 3 nitrogen and oxygen atoms in total. The molecule has 1 aliphatic rings. The van der Waals surface area contributed by atoms with Crippen LogP contribution in [0.3, 0.4) is 0 Å². The molecule has 1 heterocycles. The lowest BCUT2D eigenvalue weighted by molar-refractivity contribution is -0.0979. The Morgan fingerprint density at radius 1 is 1.12 bits per heavy atom. The quantitative estimate of drug-likeness (QED) is 0.760. The average Bonchev–Trinajstić information content (AvgIpc) is 2.70. The Balaban J connectivity index is 0.00000117. The van der Waals surface area contributed by atoms with E-state index in [2.05, 4.69) is 59.3 Å². The van der Waals surface area contributed by atoms with E-state index in [9.17, 15) is 0 Å². The zero-order valence-electron chi connectivity index (χ0n) is 15.4. The van der Waals surface area contributed by atoms with Crippen LogP contribution in [0.25, 0.3) is 0 Å². The predicted molar refractivity (Wildman–Crippen MR) is 114 cm³/mol. The predicted octanol–water partition coefficient (Wildman–Crippen LogP) is 3.84. The monoisotopic (exact) mass is 390 g/mol. The van der Waals surface area contributed by atoms with E-state index in [4.69, 9.17) is 16.4 Å². The van der Waals surface area contributed by atoms with Crippen LogP contribution < -0.4 is 10.6 Å². The average molecular weight is 391 g/mol. The van der Waals surface area contributed by atoms with Crippen LogP contribution in [0.4, 0.5) is 0 Å². The van der Waals surface area contributed by atoms with Gasteiger partial charge in [-0.1, -0.05) is 62.6 Å². The number of likely N-dealkylation sites (tertiary alicyclic amines) is 1. The van der Waals surface area contributed by atoms with E-state index in [1.165, 1.54) is 29.3 Å². The number of halogens is 1. The van der Waals surface area contributed by atoms with Gasteiger partial charge in [-0.25, -0.2) is 0 Å². The van der Waals surface area contributed by atoms with E-state index >= 15 is 0 Å². The molecular formula is C21H28ClN2OP. The number of nitrogens with one attached hydrogen (secondary N) is 1. The Bertz CT molecular complexity index is 660. The minimum atomic E-state index is 0.598. The summed E-state index contributed by atoms with van der Waals surface area (Å²) in [6, 6.07) is 17.6. The molecule has 0 spiro atoms. The fourth-order valence-corrected chi connectivity index (χ4v) is 4.46. The van der Waals surface area contributed by atoms with Gasteiger partial charge in [0.15, 0.2) is 0 Å². The molecule has 1 aliphatic heterocycles. The van der Waals surface area contributed by atoms with Crippen molar-refractivity contribution >= 4 is 32.3 Å². The third-order valence-electron chi connectivity index (χ3n) is 4.79. The minimum Gasteiger partial charge on any atom is -0.310 e. The minimum absolute atomic E-state index is 0.598. The Morgan fingerprint density at radius 3 is 2.46 bits per heavy atom. The molecule has 0 aliphatic carbocycles. The first-order chi connectivity index (χ1) is 12.8. The molecule has 1 fully saturated rings.